The van der Waals surface area contributed by atoms with E-state index in [0.717, 1.165) is 4.88 Å². The molecule has 3 rings (SSSR count). The third-order valence-electron chi connectivity index (χ3n) is 3.86. The first-order valence-corrected chi connectivity index (χ1v) is 9.95. The fourth-order valence-corrected chi connectivity index (χ4v) is 4.60. The molecule has 0 radical (unpaired) electrons. The van der Waals surface area contributed by atoms with Crippen LogP contribution in [0.3, 0.4) is 0 Å². The van der Waals surface area contributed by atoms with E-state index in [9.17, 15) is 13.2 Å². The topological polar surface area (TPSA) is 57.7 Å². The van der Waals surface area contributed by atoms with Crippen LogP contribution in [0.25, 0.3) is 6.08 Å². The molecular formula is C17H18N2O3S2. The number of sulfonamides is 1. The highest BCUT2D eigenvalue weighted by molar-refractivity contribution is 7.89. The van der Waals surface area contributed by atoms with Gasteiger partial charge in [0.1, 0.15) is 0 Å². The molecule has 1 aromatic heterocycles. The van der Waals surface area contributed by atoms with Gasteiger partial charge in [-0.3, -0.25) is 4.79 Å². The van der Waals surface area contributed by atoms with Crippen LogP contribution >= 0.6 is 11.3 Å². The fraction of sp³-hybridized carbons (Fsp3) is 0.235. The number of nitrogens with zero attached hydrogens (tertiary/aromatic N) is 2. The van der Waals surface area contributed by atoms with Gasteiger partial charge in [-0.15, -0.1) is 11.3 Å². The third kappa shape index (κ3) is 3.75. The van der Waals surface area contributed by atoms with Crippen molar-refractivity contribution < 1.29 is 13.2 Å². The van der Waals surface area contributed by atoms with Gasteiger partial charge in [0.05, 0.1) is 4.90 Å². The van der Waals surface area contributed by atoms with Crippen molar-refractivity contribution in [2.75, 3.05) is 26.2 Å². The van der Waals surface area contributed by atoms with Crippen molar-refractivity contribution in [1.82, 2.24) is 9.21 Å². The van der Waals surface area contributed by atoms with Gasteiger partial charge in [-0.2, -0.15) is 4.31 Å². The summed E-state index contributed by atoms with van der Waals surface area (Å²) in [5, 5.41) is 1.96. The second kappa shape index (κ2) is 7.29. The van der Waals surface area contributed by atoms with Crippen LogP contribution in [0.15, 0.2) is 58.8 Å². The zero-order chi connectivity index (χ0) is 17.0. The second-order valence-corrected chi connectivity index (χ2v) is 8.31. The van der Waals surface area contributed by atoms with Gasteiger partial charge in [0.25, 0.3) is 0 Å². The number of hydrogen-bond acceptors (Lipinski definition) is 4. The Morgan fingerprint density at radius 3 is 2.33 bits per heavy atom. The van der Waals surface area contributed by atoms with Gasteiger partial charge in [-0.05, 0) is 29.7 Å². The fourth-order valence-electron chi connectivity index (χ4n) is 2.54. The van der Waals surface area contributed by atoms with E-state index in [4.69, 9.17) is 0 Å². The molecule has 5 nitrogen and oxygen atoms in total. The lowest BCUT2D eigenvalue weighted by Gasteiger charge is -2.33. The Hall–Kier alpha value is -1.96. The first-order chi connectivity index (χ1) is 11.6. The summed E-state index contributed by atoms with van der Waals surface area (Å²) < 4.78 is 26.5. The highest BCUT2D eigenvalue weighted by Crippen LogP contribution is 2.17. The molecule has 0 spiro atoms. The molecule has 2 heterocycles. The molecule has 0 aliphatic carbocycles. The van der Waals surface area contributed by atoms with Crippen LogP contribution in [0.5, 0.6) is 0 Å². The molecule has 1 amide bonds. The number of carbonyl (C=O) groups is 1. The monoisotopic (exact) mass is 362 g/mol. The van der Waals surface area contributed by atoms with E-state index in [-0.39, 0.29) is 5.91 Å². The average molecular weight is 362 g/mol. The number of hydrogen-bond donors (Lipinski definition) is 0. The number of piperazine rings is 1. The minimum absolute atomic E-state index is 0.0832. The van der Waals surface area contributed by atoms with Crippen LogP contribution in [0.2, 0.25) is 0 Å². The number of rotatable bonds is 4. The molecule has 1 aliphatic heterocycles. The molecule has 1 fully saturated rings. The first-order valence-electron chi connectivity index (χ1n) is 7.63. The van der Waals surface area contributed by atoms with E-state index in [1.165, 1.54) is 4.31 Å². The predicted octanol–water partition coefficient (Wildman–Crippen LogP) is 2.29. The second-order valence-electron chi connectivity index (χ2n) is 5.39. The first kappa shape index (κ1) is 16.9. The van der Waals surface area contributed by atoms with Gasteiger partial charge in [0.15, 0.2) is 0 Å². The molecule has 1 saturated heterocycles. The molecular weight excluding hydrogens is 344 g/mol. The minimum atomic E-state index is -3.48. The standard InChI is InChI=1S/C17H18N2O3S2/c20-17(9-8-15-5-4-14-23-15)18-10-12-19(13-11-18)24(21,22)16-6-2-1-3-7-16/h1-9,14H,10-13H2. The van der Waals surface area contributed by atoms with E-state index in [2.05, 4.69) is 0 Å². The van der Waals surface area contributed by atoms with Crippen LogP contribution < -0.4 is 0 Å². The Balaban J connectivity index is 1.60. The van der Waals surface area contributed by atoms with Crippen molar-refractivity contribution in [2.45, 2.75) is 4.90 Å². The Morgan fingerprint density at radius 2 is 1.71 bits per heavy atom. The molecule has 126 valence electrons. The molecule has 24 heavy (non-hydrogen) atoms. The SMILES string of the molecule is O=C(C=Cc1cccs1)N1CCN(S(=O)(=O)c2ccccc2)CC1. The maximum absolute atomic E-state index is 12.6. The van der Waals surface area contributed by atoms with Crippen molar-refractivity contribution in [3.63, 3.8) is 0 Å². The van der Waals surface area contributed by atoms with E-state index >= 15 is 0 Å². The van der Waals surface area contributed by atoms with Crippen LogP contribution in [0, 0.1) is 0 Å². The Labute approximate surface area is 145 Å². The molecule has 0 bridgehead atoms. The Morgan fingerprint density at radius 1 is 1.00 bits per heavy atom. The Bertz CT molecular complexity index is 807. The van der Waals surface area contributed by atoms with Crippen molar-refractivity contribution in [1.29, 1.82) is 0 Å². The summed E-state index contributed by atoms with van der Waals surface area (Å²) in [6.07, 6.45) is 3.34. The smallest absolute Gasteiger partial charge is 0.246 e. The molecule has 7 heteroatoms. The zero-order valence-electron chi connectivity index (χ0n) is 13.0. The molecule has 0 atom stereocenters. The molecule has 0 saturated carbocycles. The quantitative estimate of drug-likeness (QED) is 0.784. The van der Waals surface area contributed by atoms with Gasteiger partial charge < -0.3 is 4.90 Å². The summed E-state index contributed by atoms with van der Waals surface area (Å²) in [6.45, 7) is 1.44. The maximum atomic E-state index is 12.6. The van der Waals surface area contributed by atoms with Gasteiger partial charge in [0.2, 0.25) is 15.9 Å². The van der Waals surface area contributed by atoms with Crippen molar-refractivity contribution in [3.8, 4) is 0 Å². The number of amides is 1. The lowest BCUT2D eigenvalue weighted by Crippen LogP contribution is -2.50. The zero-order valence-corrected chi connectivity index (χ0v) is 14.7. The van der Waals surface area contributed by atoms with E-state index in [1.807, 2.05) is 17.5 Å². The lowest BCUT2D eigenvalue weighted by atomic mass is 10.3. The summed E-state index contributed by atoms with van der Waals surface area (Å²) in [6, 6.07) is 12.3. The molecule has 0 unspecified atom stereocenters. The normalized spacial score (nSPS) is 16.6. The van der Waals surface area contributed by atoms with Crippen LogP contribution in [0.1, 0.15) is 4.88 Å². The van der Waals surface area contributed by atoms with Crippen LogP contribution in [-0.2, 0) is 14.8 Å². The molecule has 1 aliphatic rings. The molecule has 0 N–H and O–H groups in total. The van der Waals surface area contributed by atoms with Gasteiger partial charge in [-0.25, -0.2) is 8.42 Å². The largest absolute Gasteiger partial charge is 0.337 e. The predicted molar refractivity (Wildman–Crippen MR) is 95.1 cm³/mol. The number of benzene rings is 1. The van der Waals surface area contributed by atoms with Crippen molar-refractivity contribution in [3.05, 3.63) is 58.8 Å². The molecule has 2 aromatic rings. The number of carbonyl (C=O) groups excluding carboxylic acids is 1. The van der Waals surface area contributed by atoms with E-state index in [0.29, 0.717) is 31.1 Å². The lowest BCUT2D eigenvalue weighted by molar-refractivity contribution is -0.127. The highest BCUT2D eigenvalue weighted by Gasteiger charge is 2.29. The summed E-state index contributed by atoms with van der Waals surface area (Å²) in [4.78, 5) is 15.2. The van der Waals surface area contributed by atoms with Gasteiger partial charge in [0, 0.05) is 37.1 Å². The van der Waals surface area contributed by atoms with Crippen molar-refractivity contribution >= 4 is 33.3 Å². The Kier molecular flexibility index (Phi) is 5.13. The summed E-state index contributed by atoms with van der Waals surface area (Å²) >= 11 is 1.57. The summed E-state index contributed by atoms with van der Waals surface area (Å²) in [5.74, 6) is -0.0832. The summed E-state index contributed by atoms with van der Waals surface area (Å²) in [7, 11) is -3.48. The summed E-state index contributed by atoms with van der Waals surface area (Å²) in [5.41, 5.74) is 0. The maximum Gasteiger partial charge on any atom is 0.246 e. The average Bonchev–Trinajstić information content (AvgIpc) is 3.14. The van der Waals surface area contributed by atoms with Crippen LogP contribution in [0.4, 0.5) is 0 Å². The number of thiophene rings is 1. The highest BCUT2D eigenvalue weighted by atomic mass is 32.2. The van der Waals surface area contributed by atoms with Gasteiger partial charge in [-0.1, -0.05) is 24.3 Å². The van der Waals surface area contributed by atoms with E-state index < -0.39 is 10.0 Å². The minimum Gasteiger partial charge on any atom is -0.337 e. The third-order valence-corrected chi connectivity index (χ3v) is 6.62. The van der Waals surface area contributed by atoms with Crippen molar-refractivity contribution in [2.24, 2.45) is 0 Å². The van der Waals surface area contributed by atoms with Gasteiger partial charge >= 0.3 is 0 Å². The molecule has 1 aromatic carbocycles. The van der Waals surface area contributed by atoms with Crippen LogP contribution in [-0.4, -0.2) is 49.7 Å². The van der Waals surface area contributed by atoms with E-state index in [1.54, 1.807) is 58.7 Å².